The highest BCUT2D eigenvalue weighted by Gasteiger charge is 2.03. The Kier molecular flexibility index (Phi) is 4.12. The van der Waals surface area contributed by atoms with Gasteiger partial charge in [-0.25, -0.2) is 0 Å². The van der Waals surface area contributed by atoms with Crippen LogP contribution in [0.1, 0.15) is 23.7 Å². The number of carbonyl (C=O) groups excluding carboxylic acids is 1. The van der Waals surface area contributed by atoms with Gasteiger partial charge >= 0.3 is 0 Å². The molecule has 0 aliphatic rings. The van der Waals surface area contributed by atoms with Crippen molar-refractivity contribution in [3.8, 4) is 0 Å². The molecule has 1 N–H and O–H groups in total. The van der Waals surface area contributed by atoms with Gasteiger partial charge in [-0.2, -0.15) is 0 Å². The third-order valence-electron chi connectivity index (χ3n) is 1.70. The van der Waals surface area contributed by atoms with Crippen LogP contribution in [0.2, 0.25) is 0 Å². The van der Waals surface area contributed by atoms with Gasteiger partial charge in [0.2, 0.25) is 0 Å². The van der Waals surface area contributed by atoms with Gasteiger partial charge in [0.1, 0.15) is 0 Å². The van der Waals surface area contributed by atoms with Crippen molar-refractivity contribution >= 4 is 5.78 Å². The molecule has 0 aliphatic heterocycles. The molecule has 0 unspecified atom stereocenters. The Morgan fingerprint density at radius 1 is 1.62 bits per heavy atom. The molecule has 1 heterocycles. The average Bonchev–Trinajstić information content (AvgIpc) is 2.19. The first-order valence-corrected chi connectivity index (χ1v) is 4.48. The SMILES string of the molecule is CCCNCC(=O)c1cccnc1. The topological polar surface area (TPSA) is 42.0 Å². The molecule has 0 amide bonds. The van der Waals surface area contributed by atoms with Crippen molar-refractivity contribution in [1.29, 1.82) is 0 Å². The van der Waals surface area contributed by atoms with Crippen molar-refractivity contribution < 1.29 is 4.79 Å². The number of pyridine rings is 1. The Morgan fingerprint density at radius 3 is 3.08 bits per heavy atom. The molecule has 1 aromatic rings. The number of rotatable bonds is 5. The number of nitrogens with one attached hydrogen (secondary N) is 1. The lowest BCUT2D eigenvalue weighted by molar-refractivity contribution is 0.0991. The predicted molar refractivity (Wildman–Crippen MR) is 51.7 cm³/mol. The highest BCUT2D eigenvalue weighted by molar-refractivity contribution is 5.97. The Hall–Kier alpha value is -1.22. The molecule has 3 nitrogen and oxygen atoms in total. The van der Waals surface area contributed by atoms with E-state index in [0.29, 0.717) is 12.1 Å². The van der Waals surface area contributed by atoms with Gasteiger partial charge in [-0.05, 0) is 25.1 Å². The summed E-state index contributed by atoms with van der Waals surface area (Å²) in [6, 6.07) is 3.55. The highest BCUT2D eigenvalue weighted by Crippen LogP contribution is 1.95. The van der Waals surface area contributed by atoms with Gasteiger partial charge in [-0.15, -0.1) is 0 Å². The lowest BCUT2D eigenvalue weighted by atomic mass is 10.2. The van der Waals surface area contributed by atoms with Crippen LogP contribution in [-0.4, -0.2) is 23.9 Å². The number of hydrogen-bond donors (Lipinski definition) is 1. The van der Waals surface area contributed by atoms with Crippen LogP contribution in [-0.2, 0) is 0 Å². The molecule has 0 spiro atoms. The Balaban J connectivity index is 2.40. The minimum atomic E-state index is 0.0987. The molecule has 0 bridgehead atoms. The van der Waals surface area contributed by atoms with E-state index in [0.717, 1.165) is 13.0 Å². The monoisotopic (exact) mass is 178 g/mol. The summed E-state index contributed by atoms with van der Waals surface area (Å²) in [6.45, 7) is 3.35. The number of ketones is 1. The maximum absolute atomic E-state index is 11.4. The second kappa shape index (κ2) is 5.43. The molecule has 0 radical (unpaired) electrons. The summed E-state index contributed by atoms with van der Waals surface area (Å²) in [6.07, 6.45) is 4.30. The van der Waals surface area contributed by atoms with Gasteiger partial charge in [0.05, 0.1) is 6.54 Å². The summed E-state index contributed by atoms with van der Waals surface area (Å²) in [5.41, 5.74) is 0.672. The lowest BCUT2D eigenvalue weighted by Crippen LogP contribution is -2.23. The average molecular weight is 178 g/mol. The first-order chi connectivity index (χ1) is 6.34. The van der Waals surface area contributed by atoms with E-state index in [1.807, 2.05) is 0 Å². The van der Waals surface area contributed by atoms with E-state index in [9.17, 15) is 4.79 Å². The molecule has 70 valence electrons. The molecular weight excluding hydrogens is 164 g/mol. The van der Waals surface area contributed by atoms with Crippen molar-refractivity contribution in [3.05, 3.63) is 30.1 Å². The maximum atomic E-state index is 11.4. The van der Waals surface area contributed by atoms with Crippen LogP contribution in [0.15, 0.2) is 24.5 Å². The van der Waals surface area contributed by atoms with Crippen LogP contribution in [0.5, 0.6) is 0 Å². The first-order valence-electron chi connectivity index (χ1n) is 4.48. The third kappa shape index (κ3) is 3.34. The molecule has 0 atom stereocenters. The predicted octanol–water partition coefficient (Wildman–Crippen LogP) is 1.26. The van der Waals surface area contributed by atoms with Crippen molar-refractivity contribution in [2.75, 3.05) is 13.1 Å². The Bertz CT molecular complexity index is 259. The van der Waals surface area contributed by atoms with Crippen LogP contribution in [0.3, 0.4) is 0 Å². The standard InChI is InChI=1S/C10H14N2O/c1-2-5-11-8-10(13)9-4-3-6-12-7-9/h3-4,6-7,11H,2,5,8H2,1H3. The second-order valence-electron chi connectivity index (χ2n) is 2.84. The lowest BCUT2D eigenvalue weighted by Gasteiger charge is -2.01. The highest BCUT2D eigenvalue weighted by atomic mass is 16.1. The van der Waals surface area contributed by atoms with Gasteiger partial charge < -0.3 is 5.32 Å². The summed E-state index contributed by atoms with van der Waals surface area (Å²) in [4.78, 5) is 15.3. The van der Waals surface area contributed by atoms with Gasteiger partial charge in [0.15, 0.2) is 5.78 Å². The fourth-order valence-corrected chi connectivity index (χ4v) is 1.01. The van der Waals surface area contributed by atoms with Crippen LogP contribution >= 0.6 is 0 Å². The largest absolute Gasteiger partial charge is 0.310 e. The summed E-state index contributed by atoms with van der Waals surface area (Å²) in [5, 5.41) is 3.06. The first kappa shape index (κ1) is 9.86. The molecule has 0 aromatic carbocycles. The fourth-order valence-electron chi connectivity index (χ4n) is 1.01. The summed E-state index contributed by atoms with van der Waals surface area (Å²) in [5.74, 6) is 0.0987. The number of hydrogen-bond acceptors (Lipinski definition) is 3. The summed E-state index contributed by atoms with van der Waals surface area (Å²) in [7, 11) is 0. The maximum Gasteiger partial charge on any atom is 0.178 e. The number of Topliss-reactive ketones (excluding diaryl/α,β-unsaturated/α-hetero) is 1. The molecule has 0 aliphatic carbocycles. The van der Waals surface area contributed by atoms with Crippen molar-refractivity contribution in [2.45, 2.75) is 13.3 Å². The molecule has 0 saturated heterocycles. The smallest absolute Gasteiger partial charge is 0.178 e. The molecule has 13 heavy (non-hydrogen) atoms. The fraction of sp³-hybridized carbons (Fsp3) is 0.400. The normalized spacial score (nSPS) is 9.92. The summed E-state index contributed by atoms with van der Waals surface area (Å²) < 4.78 is 0. The number of carbonyl (C=O) groups is 1. The zero-order valence-corrected chi connectivity index (χ0v) is 7.79. The zero-order valence-electron chi connectivity index (χ0n) is 7.79. The minimum absolute atomic E-state index is 0.0987. The number of aromatic nitrogens is 1. The summed E-state index contributed by atoms with van der Waals surface area (Å²) >= 11 is 0. The van der Waals surface area contributed by atoms with Gasteiger partial charge in [0.25, 0.3) is 0 Å². The second-order valence-corrected chi connectivity index (χ2v) is 2.84. The van der Waals surface area contributed by atoms with Crippen LogP contribution < -0.4 is 5.32 Å². The van der Waals surface area contributed by atoms with E-state index in [1.165, 1.54) is 0 Å². The molecule has 3 heteroatoms. The minimum Gasteiger partial charge on any atom is -0.310 e. The van der Waals surface area contributed by atoms with Crippen LogP contribution in [0.25, 0.3) is 0 Å². The van der Waals surface area contributed by atoms with E-state index in [2.05, 4.69) is 17.2 Å². The van der Waals surface area contributed by atoms with E-state index in [4.69, 9.17) is 0 Å². The van der Waals surface area contributed by atoms with Gasteiger partial charge in [-0.3, -0.25) is 9.78 Å². The van der Waals surface area contributed by atoms with Gasteiger partial charge in [-0.1, -0.05) is 6.92 Å². The van der Waals surface area contributed by atoms with E-state index in [1.54, 1.807) is 24.5 Å². The zero-order chi connectivity index (χ0) is 9.52. The molecule has 0 saturated carbocycles. The molecule has 0 fully saturated rings. The van der Waals surface area contributed by atoms with E-state index in [-0.39, 0.29) is 5.78 Å². The third-order valence-corrected chi connectivity index (χ3v) is 1.70. The van der Waals surface area contributed by atoms with Crippen molar-refractivity contribution in [1.82, 2.24) is 10.3 Å². The quantitative estimate of drug-likeness (QED) is 0.545. The van der Waals surface area contributed by atoms with Crippen molar-refractivity contribution in [2.24, 2.45) is 0 Å². The Labute approximate surface area is 78.2 Å². The van der Waals surface area contributed by atoms with Crippen molar-refractivity contribution in [3.63, 3.8) is 0 Å². The molecule has 1 aromatic heterocycles. The molecular formula is C10H14N2O. The van der Waals surface area contributed by atoms with E-state index < -0.39 is 0 Å². The number of nitrogens with zero attached hydrogens (tertiary/aromatic N) is 1. The Morgan fingerprint density at radius 2 is 2.46 bits per heavy atom. The van der Waals surface area contributed by atoms with E-state index >= 15 is 0 Å². The van der Waals surface area contributed by atoms with Crippen LogP contribution in [0, 0.1) is 0 Å². The molecule has 1 rings (SSSR count). The van der Waals surface area contributed by atoms with Gasteiger partial charge in [0, 0.05) is 18.0 Å². The van der Waals surface area contributed by atoms with Crippen LogP contribution in [0.4, 0.5) is 0 Å².